The molecule has 3 heterocycles. The summed E-state index contributed by atoms with van der Waals surface area (Å²) < 4.78 is 0. The summed E-state index contributed by atoms with van der Waals surface area (Å²) in [4.78, 5) is 2.53. The van der Waals surface area contributed by atoms with Crippen molar-refractivity contribution in [2.75, 3.05) is 13.1 Å². The van der Waals surface area contributed by atoms with Crippen molar-refractivity contribution in [2.24, 2.45) is 5.73 Å². The molecule has 0 bridgehead atoms. The van der Waals surface area contributed by atoms with Crippen LogP contribution in [0.4, 0.5) is 0 Å². The number of nitrogens with zero attached hydrogens (tertiary/aromatic N) is 4. The highest BCUT2D eigenvalue weighted by Gasteiger charge is 2.42. The minimum absolute atomic E-state index is 0.363. The van der Waals surface area contributed by atoms with Gasteiger partial charge in [0.2, 0.25) is 0 Å². The Kier molecular flexibility index (Phi) is 2.00. The van der Waals surface area contributed by atoms with Crippen LogP contribution in [0, 0.1) is 0 Å². The van der Waals surface area contributed by atoms with E-state index in [2.05, 4.69) is 25.5 Å². The minimum Gasteiger partial charge on any atom is -0.319 e. The van der Waals surface area contributed by atoms with E-state index in [-0.39, 0.29) is 5.54 Å². The number of piperidine rings is 1. The van der Waals surface area contributed by atoms with Gasteiger partial charge in [-0.05, 0) is 32.2 Å². The van der Waals surface area contributed by atoms with Gasteiger partial charge in [-0.1, -0.05) is 5.21 Å². The van der Waals surface area contributed by atoms with E-state index in [1.54, 1.807) is 0 Å². The Morgan fingerprint density at radius 2 is 2.40 bits per heavy atom. The van der Waals surface area contributed by atoms with Gasteiger partial charge in [-0.3, -0.25) is 0 Å². The van der Waals surface area contributed by atoms with Crippen LogP contribution in [0.15, 0.2) is 0 Å². The van der Waals surface area contributed by atoms with Gasteiger partial charge in [-0.15, -0.1) is 10.2 Å². The molecule has 82 valence electrons. The summed E-state index contributed by atoms with van der Waals surface area (Å²) >= 11 is 0. The summed E-state index contributed by atoms with van der Waals surface area (Å²) in [5.41, 5.74) is 6.01. The third-order valence-electron chi connectivity index (χ3n) is 3.73. The quantitative estimate of drug-likeness (QED) is 0.656. The largest absolute Gasteiger partial charge is 0.319 e. The average Bonchev–Trinajstić information content (AvgIpc) is 2.87. The smallest absolute Gasteiger partial charge is 0.194 e. The first kappa shape index (κ1) is 9.23. The van der Waals surface area contributed by atoms with Gasteiger partial charge in [-0.25, -0.2) is 0 Å². The monoisotopic (exact) mass is 208 g/mol. The first-order chi connectivity index (χ1) is 7.28. The van der Waals surface area contributed by atoms with Crippen molar-refractivity contribution in [3.8, 4) is 0 Å². The lowest BCUT2D eigenvalue weighted by Gasteiger charge is -2.39. The number of aromatic nitrogens is 4. The Labute approximate surface area is 88.2 Å². The summed E-state index contributed by atoms with van der Waals surface area (Å²) in [5, 5.41) is 14.2. The molecule has 3 N–H and O–H groups in total. The highest BCUT2D eigenvalue weighted by molar-refractivity contribution is 5.07. The van der Waals surface area contributed by atoms with Crippen molar-refractivity contribution in [3.05, 3.63) is 5.82 Å². The second kappa shape index (κ2) is 3.24. The number of nitrogens with one attached hydrogen (secondary N) is 1. The zero-order valence-corrected chi connectivity index (χ0v) is 8.69. The van der Waals surface area contributed by atoms with Gasteiger partial charge < -0.3 is 10.6 Å². The molecule has 0 amide bonds. The minimum atomic E-state index is -0.363. The van der Waals surface area contributed by atoms with Gasteiger partial charge >= 0.3 is 0 Å². The second-order valence-electron chi connectivity index (χ2n) is 4.68. The number of fused-ring (bicyclic) bond motifs is 1. The molecule has 1 aromatic heterocycles. The summed E-state index contributed by atoms with van der Waals surface area (Å²) in [6.07, 6.45) is 4.46. The van der Waals surface area contributed by atoms with E-state index in [4.69, 9.17) is 5.73 Å². The normalized spacial score (nSPS) is 36.7. The maximum atomic E-state index is 6.37. The van der Waals surface area contributed by atoms with Crippen LogP contribution in [0.1, 0.15) is 31.5 Å². The standard InChI is InChI=1S/C9H16N6/c10-9(8-11-13-14-12-8)3-5-15-4-1-2-7(15)6-9/h7H,1-6,10H2,(H,11,12,13,14). The number of H-pyrrole nitrogens is 1. The van der Waals surface area contributed by atoms with Crippen molar-refractivity contribution in [2.45, 2.75) is 37.3 Å². The maximum absolute atomic E-state index is 6.37. The average molecular weight is 208 g/mol. The summed E-state index contributed by atoms with van der Waals surface area (Å²) in [6.45, 7) is 2.29. The van der Waals surface area contributed by atoms with Crippen LogP contribution in [0.25, 0.3) is 0 Å². The SMILES string of the molecule is NC1(c2nn[nH]n2)CCN2CCCC2C1. The van der Waals surface area contributed by atoms with Crippen LogP contribution in [-0.4, -0.2) is 44.7 Å². The Balaban J connectivity index is 1.83. The van der Waals surface area contributed by atoms with E-state index in [1.807, 2.05) is 0 Å². The molecule has 3 rings (SSSR count). The summed E-state index contributed by atoms with van der Waals surface area (Å²) in [6, 6.07) is 0.627. The summed E-state index contributed by atoms with van der Waals surface area (Å²) in [7, 11) is 0. The van der Waals surface area contributed by atoms with Crippen LogP contribution in [0.2, 0.25) is 0 Å². The first-order valence-electron chi connectivity index (χ1n) is 5.55. The van der Waals surface area contributed by atoms with Gasteiger partial charge in [0.15, 0.2) is 5.82 Å². The number of hydrogen-bond donors (Lipinski definition) is 2. The van der Waals surface area contributed by atoms with Crippen molar-refractivity contribution in [1.82, 2.24) is 25.5 Å². The molecule has 2 unspecified atom stereocenters. The number of tetrazole rings is 1. The van der Waals surface area contributed by atoms with Crippen LogP contribution < -0.4 is 5.73 Å². The second-order valence-corrected chi connectivity index (χ2v) is 4.68. The molecule has 2 aliphatic rings. The van der Waals surface area contributed by atoms with Crippen molar-refractivity contribution < 1.29 is 0 Å². The van der Waals surface area contributed by atoms with E-state index in [0.717, 1.165) is 19.4 Å². The lowest BCUT2D eigenvalue weighted by molar-refractivity contribution is 0.125. The number of rotatable bonds is 1. The molecule has 0 radical (unpaired) electrons. The van der Waals surface area contributed by atoms with E-state index in [0.29, 0.717) is 11.9 Å². The third kappa shape index (κ3) is 1.44. The van der Waals surface area contributed by atoms with Crippen LogP contribution in [0.3, 0.4) is 0 Å². The molecular weight excluding hydrogens is 192 g/mol. The molecule has 6 heteroatoms. The number of nitrogens with two attached hydrogens (primary N) is 1. The zero-order valence-electron chi connectivity index (χ0n) is 8.69. The topological polar surface area (TPSA) is 83.7 Å². The van der Waals surface area contributed by atoms with E-state index >= 15 is 0 Å². The molecular formula is C9H16N6. The Morgan fingerprint density at radius 1 is 1.47 bits per heavy atom. The number of aromatic amines is 1. The van der Waals surface area contributed by atoms with Gasteiger partial charge in [-0.2, -0.15) is 5.21 Å². The first-order valence-corrected chi connectivity index (χ1v) is 5.55. The molecule has 2 saturated heterocycles. The molecule has 15 heavy (non-hydrogen) atoms. The van der Waals surface area contributed by atoms with Crippen molar-refractivity contribution >= 4 is 0 Å². The van der Waals surface area contributed by atoms with Gasteiger partial charge in [0, 0.05) is 12.6 Å². The molecule has 2 fully saturated rings. The fourth-order valence-electron chi connectivity index (χ4n) is 2.86. The van der Waals surface area contributed by atoms with Crippen LogP contribution in [-0.2, 0) is 5.54 Å². The molecule has 1 aromatic rings. The highest BCUT2D eigenvalue weighted by Crippen LogP contribution is 2.35. The van der Waals surface area contributed by atoms with E-state index in [9.17, 15) is 0 Å². The Bertz CT molecular complexity index is 336. The summed E-state index contributed by atoms with van der Waals surface area (Å²) in [5.74, 6) is 0.675. The Morgan fingerprint density at radius 3 is 3.20 bits per heavy atom. The molecule has 2 atom stereocenters. The van der Waals surface area contributed by atoms with E-state index in [1.165, 1.54) is 19.4 Å². The fourth-order valence-corrected chi connectivity index (χ4v) is 2.86. The highest BCUT2D eigenvalue weighted by atomic mass is 15.5. The fraction of sp³-hybridized carbons (Fsp3) is 0.889. The van der Waals surface area contributed by atoms with Crippen molar-refractivity contribution in [1.29, 1.82) is 0 Å². The molecule has 0 saturated carbocycles. The van der Waals surface area contributed by atoms with E-state index < -0.39 is 0 Å². The molecule has 6 nitrogen and oxygen atoms in total. The van der Waals surface area contributed by atoms with Crippen molar-refractivity contribution in [3.63, 3.8) is 0 Å². The lowest BCUT2D eigenvalue weighted by atomic mass is 9.83. The number of hydrogen-bond acceptors (Lipinski definition) is 5. The predicted molar refractivity (Wildman–Crippen MR) is 53.9 cm³/mol. The molecule has 0 aliphatic carbocycles. The predicted octanol–water partition coefficient (Wildman–Crippen LogP) is -0.388. The maximum Gasteiger partial charge on any atom is 0.194 e. The zero-order chi connectivity index (χ0) is 10.3. The Hall–Kier alpha value is -1.01. The lowest BCUT2D eigenvalue weighted by Crippen LogP contribution is -2.51. The molecule has 0 spiro atoms. The van der Waals surface area contributed by atoms with Gasteiger partial charge in [0.1, 0.15) is 0 Å². The molecule has 2 aliphatic heterocycles. The van der Waals surface area contributed by atoms with Crippen LogP contribution in [0.5, 0.6) is 0 Å². The van der Waals surface area contributed by atoms with Gasteiger partial charge in [0.05, 0.1) is 5.54 Å². The van der Waals surface area contributed by atoms with Crippen LogP contribution >= 0.6 is 0 Å². The third-order valence-corrected chi connectivity index (χ3v) is 3.73. The molecule has 0 aromatic carbocycles. The van der Waals surface area contributed by atoms with Gasteiger partial charge in [0.25, 0.3) is 0 Å².